The fourth-order valence-corrected chi connectivity index (χ4v) is 8.11. The molecule has 2 saturated carbocycles. The molecule has 2 aliphatic carbocycles. The first-order chi connectivity index (χ1) is 31.3. The normalized spacial score (nSPS) is 25.0. The molecule has 14 heteroatoms. The molecule has 0 bridgehead atoms. The molecule has 0 aromatic heterocycles. The van der Waals surface area contributed by atoms with E-state index in [1.807, 2.05) is 163 Å². The highest BCUT2D eigenvalue weighted by Crippen LogP contribution is 2.40. The van der Waals surface area contributed by atoms with Crippen molar-refractivity contribution in [3.05, 3.63) is 144 Å². The van der Waals surface area contributed by atoms with Crippen molar-refractivity contribution in [3.63, 3.8) is 0 Å². The fraction of sp³-hybridized carbons (Fsp3) is 0.423. The Bertz CT molecular complexity index is 2320. The van der Waals surface area contributed by atoms with Gasteiger partial charge in [0, 0.05) is 12.0 Å². The number of carboxylic acids is 1. The summed E-state index contributed by atoms with van der Waals surface area (Å²) in [6.45, 7) is 11.4. The minimum Gasteiger partial charge on any atom is -0.481 e. The largest absolute Gasteiger partial charge is 0.481 e. The molecule has 3 saturated heterocycles. The van der Waals surface area contributed by atoms with Crippen molar-refractivity contribution in [2.24, 2.45) is 33.8 Å². The maximum absolute atomic E-state index is 12.3. The van der Waals surface area contributed by atoms with Gasteiger partial charge in [-0.25, -0.2) is 4.79 Å². The van der Waals surface area contributed by atoms with Crippen molar-refractivity contribution in [2.75, 3.05) is 0 Å². The minimum atomic E-state index is -0.730. The lowest BCUT2D eigenvalue weighted by Crippen LogP contribution is -2.46. The number of amides is 5. The first-order valence-electron chi connectivity index (χ1n) is 22.7. The second-order valence-corrected chi connectivity index (χ2v) is 19.3. The zero-order chi connectivity index (χ0) is 47.8. The van der Waals surface area contributed by atoms with Crippen LogP contribution in [0.5, 0.6) is 0 Å². The highest BCUT2D eigenvalue weighted by atomic mass is 16.5. The van der Waals surface area contributed by atoms with Crippen molar-refractivity contribution < 1.29 is 38.6 Å². The standard InChI is InChI=1S/C20H22N2O3.C16H20N2O2.C12H16N2O.C4H6O2/c1-20(2)17(16(21-18(20)23)15-11-7-4-8-12-15)22-19(24)25-13-14-9-5-3-6-10-14;1-16(2)13(18-14(19)11-8-9-11)12(17-15(16)20)10-6-4-3-5-7-10;1-12(2)10(13)9(14-11(12)15)8-6-4-3-5-7-8;5-4(6)3-1-2-3/h3-12,16-17H,13H2,1-2H3,(H,21,23)(H,22,24);3-7,11-13H,8-9H2,1-2H3,(H,17,20)(H,18,19);3-7,9-10H,13H2,1-2H3,(H,14,15);3H,1-2H2,(H,5,6)/t16?,17-;12?,13-;9?,10-;/m111./s1. The number of benzene rings is 4. The van der Waals surface area contributed by atoms with Crippen molar-refractivity contribution in [3.8, 4) is 0 Å². The molecule has 4 aromatic rings. The summed E-state index contributed by atoms with van der Waals surface area (Å²) in [5.74, 6) is -0.440. The molecule has 5 fully saturated rings. The molecule has 9 rings (SSSR count). The Kier molecular flexibility index (Phi) is 15.4. The van der Waals surface area contributed by atoms with Gasteiger partial charge >= 0.3 is 12.1 Å². The van der Waals surface area contributed by atoms with Gasteiger partial charge in [-0.2, -0.15) is 0 Å². The molecular weight excluding hydrogens is 837 g/mol. The lowest BCUT2D eigenvalue weighted by atomic mass is 9.82. The van der Waals surface area contributed by atoms with Crippen LogP contribution in [0.4, 0.5) is 4.79 Å². The van der Waals surface area contributed by atoms with Crippen LogP contribution in [0.15, 0.2) is 121 Å². The second-order valence-electron chi connectivity index (χ2n) is 19.3. The molecule has 5 aliphatic rings. The molecule has 3 heterocycles. The number of carboxylic acid groups (broad SMARTS) is 1. The number of aliphatic carboxylic acids is 1. The van der Waals surface area contributed by atoms with E-state index in [0.717, 1.165) is 47.9 Å². The summed E-state index contributed by atoms with van der Waals surface area (Å²) < 4.78 is 5.31. The van der Waals surface area contributed by atoms with E-state index in [2.05, 4.69) is 26.6 Å². The van der Waals surface area contributed by atoms with E-state index >= 15 is 0 Å². The third kappa shape index (κ3) is 11.8. The van der Waals surface area contributed by atoms with Gasteiger partial charge in [0.25, 0.3) is 0 Å². The number of rotatable bonds is 9. The number of nitrogens with two attached hydrogens (primary N) is 1. The van der Waals surface area contributed by atoms with Crippen LogP contribution >= 0.6 is 0 Å². The zero-order valence-electron chi connectivity index (χ0n) is 38.6. The molecule has 4 aromatic carbocycles. The smallest absolute Gasteiger partial charge is 0.407 e. The predicted octanol–water partition coefficient (Wildman–Crippen LogP) is 6.65. The monoisotopic (exact) mass is 900 g/mol. The maximum atomic E-state index is 12.3. The molecule has 350 valence electrons. The maximum Gasteiger partial charge on any atom is 0.407 e. The SMILES string of the molecule is CC1(C)C(=O)NC(c2ccccc2)[C@H]1N.CC1(C)C(=O)NC(c2ccccc2)[C@H]1NC(=O)C1CC1.CC1(C)C(=O)NC(c2ccccc2)[C@H]1NC(=O)OCc1ccccc1.O=C(O)C1CC1. The molecule has 6 atom stereocenters. The molecule has 5 amide bonds. The summed E-state index contributed by atoms with van der Waals surface area (Å²) in [5, 5.41) is 23.0. The van der Waals surface area contributed by atoms with Crippen LogP contribution in [0.3, 0.4) is 0 Å². The van der Waals surface area contributed by atoms with Crippen LogP contribution in [0.25, 0.3) is 0 Å². The highest BCUT2D eigenvalue weighted by Gasteiger charge is 2.52. The topological polar surface area (TPSA) is 218 Å². The van der Waals surface area contributed by atoms with Crippen molar-refractivity contribution in [1.82, 2.24) is 26.6 Å². The van der Waals surface area contributed by atoms with Crippen molar-refractivity contribution >= 4 is 35.7 Å². The molecule has 3 unspecified atom stereocenters. The average Bonchev–Trinajstić information content (AvgIpc) is 4.25. The van der Waals surface area contributed by atoms with Crippen LogP contribution < -0.4 is 32.3 Å². The van der Waals surface area contributed by atoms with Crippen LogP contribution in [-0.4, -0.2) is 58.9 Å². The molecule has 8 N–H and O–H groups in total. The first kappa shape index (κ1) is 48.9. The van der Waals surface area contributed by atoms with E-state index in [-0.39, 0.29) is 72.3 Å². The minimum absolute atomic E-state index is 0.00699. The van der Waals surface area contributed by atoms with E-state index in [0.29, 0.717) is 0 Å². The predicted molar refractivity (Wildman–Crippen MR) is 250 cm³/mol. The molecule has 3 aliphatic heterocycles. The quantitative estimate of drug-likeness (QED) is 0.0956. The lowest BCUT2D eigenvalue weighted by Gasteiger charge is -2.28. The number of hydrogen-bond donors (Lipinski definition) is 7. The summed E-state index contributed by atoms with van der Waals surface area (Å²) in [7, 11) is 0. The van der Waals surface area contributed by atoms with Gasteiger partial charge < -0.3 is 42.2 Å². The fourth-order valence-electron chi connectivity index (χ4n) is 8.11. The molecule has 66 heavy (non-hydrogen) atoms. The number of ether oxygens (including phenoxy) is 1. The van der Waals surface area contributed by atoms with E-state index < -0.39 is 34.3 Å². The summed E-state index contributed by atoms with van der Waals surface area (Å²) in [6.07, 6.45) is 3.21. The Morgan fingerprint density at radius 2 is 0.924 bits per heavy atom. The Hall–Kier alpha value is -6.54. The third-order valence-electron chi connectivity index (χ3n) is 13.2. The van der Waals surface area contributed by atoms with Gasteiger partial charge in [-0.1, -0.05) is 121 Å². The highest BCUT2D eigenvalue weighted by molar-refractivity contribution is 5.89. The molecule has 0 radical (unpaired) electrons. The van der Waals surface area contributed by atoms with Crippen molar-refractivity contribution in [2.45, 2.75) is 110 Å². The van der Waals surface area contributed by atoms with Crippen LogP contribution in [0.2, 0.25) is 0 Å². The Morgan fingerprint density at radius 1 is 0.561 bits per heavy atom. The average molecular weight is 901 g/mol. The number of nitrogens with one attached hydrogen (secondary N) is 5. The van der Waals surface area contributed by atoms with Gasteiger partial charge in [-0.05, 0) is 89.5 Å². The van der Waals surface area contributed by atoms with Gasteiger partial charge in [0.05, 0.1) is 52.4 Å². The number of carbonyl (C=O) groups is 6. The van der Waals surface area contributed by atoms with Crippen LogP contribution in [-0.2, 0) is 35.3 Å². The second kappa shape index (κ2) is 20.7. The number of carbonyl (C=O) groups excluding carboxylic acids is 5. The Balaban J connectivity index is 0.000000157. The summed E-state index contributed by atoms with van der Waals surface area (Å²) in [5.41, 5.74) is 8.26. The van der Waals surface area contributed by atoms with E-state index in [1.54, 1.807) is 0 Å². The summed E-state index contributed by atoms with van der Waals surface area (Å²) in [4.78, 5) is 70.4. The van der Waals surface area contributed by atoms with Crippen molar-refractivity contribution in [1.29, 1.82) is 0 Å². The van der Waals surface area contributed by atoms with Crippen LogP contribution in [0, 0.1) is 28.1 Å². The van der Waals surface area contributed by atoms with E-state index in [4.69, 9.17) is 15.6 Å². The molecular formula is C52H64N6O8. The number of alkyl carbamates (subject to hydrolysis) is 1. The van der Waals surface area contributed by atoms with Gasteiger partial charge in [0.2, 0.25) is 23.6 Å². The third-order valence-corrected chi connectivity index (χ3v) is 13.2. The zero-order valence-corrected chi connectivity index (χ0v) is 38.6. The van der Waals surface area contributed by atoms with Gasteiger partial charge in [0.1, 0.15) is 6.61 Å². The Morgan fingerprint density at radius 3 is 1.29 bits per heavy atom. The first-order valence-corrected chi connectivity index (χ1v) is 22.7. The van der Waals surface area contributed by atoms with Gasteiger partial charge in [0.15, 0.2) is 0 Å². The van der Waals surface area contributed by atoms with Gasteiger partial charge in [-0.15, -0.1) is 0 Å². The number of hydrogen-bond acceptors (Lipinski definition) is 8. The van der Waals surface area contributed by atoms with E-state index in [1.165, 1.54) is 0 Å². The summed E-state index contributed by atoms with van der Waals surface area (Å²) in [6, 6.07) is 37.5. The molecule has 0 spiro atoms. The summed E-state index contributed by atoms with van der Waals surface area (Å²) >= 11 is 0. The molecule has 14 nitrogen and oxygen atoms in total. The van der Waals surface area contributed by atoms with Gasteiger partial charge in [-0.3, -0.25) is 24.0 Å². The van der Waals surface area contributed by atoms with Crippen LogP contribution in [0.1, 0.15) is 108 Å². The van der Waals surface area contributed by atoms with E-state index in [9.17, 15) is 28.8 Å². The lowest BCUT2D eigenvalue weighted by molar-refractivity contribution is -0.138. The Labute approximate surface area is 387 Å².